The molecule has 0 saturated heterocycles. The zero-order chi connectivity index (χ0) is 12.4. The van der Waals surface area contributed by atoms with E-state index < -0.39 is 17.2 Å². The molecule has 2 rings (SSSR count). The van der Waals surface area contributed by atoms with Crippen LogP contribution in [0.4, 0.5) is 0 Å². The van der Waals surface area contributed by atoms with Gasteiger partial charge in [-0.3, -0.25) is 9.36 Å². The third-order valence-corrected chi connectivity index (χ3v) is 2.83. The molecule has 0 radical (unpaired) electrons. The van der Waals surface area contributed by atoms with E-state index in [1.807, 2.05) is 6.26 Å². The minimum absolute atomic E-state index is 0.405. The van der Waals surface area contributed by atoms with E-state index in [9.17, 15) is 9.59 Å². The lowest BCUT2D eigenvalue weighted by Gasteiger charge is -2.08. The first kappa shape index (κ1) is 11.7. The lowest BCUT2D eigenvalue weighted by atomic mass is 10.3. The minimum atomic E-state index is -1.30. The van der Waals surface area contributed by atoms with Crippen LogP contribution in [0.3, 0.4) is 0 Å². The summed E-state index contributed by atoms with van der Waals surface area (Å²) < 4.78 is 1.43. The van der Waals surface area contributed by atoms with Crippen molar-refractivity contribution in [1.82, 2.24) is 9.55 Å². The maximum atomic E-state index is 11.9. The van der Waals surface area contributed by atoms with Gasteiger partial charge in [-0.25, -0.2) is 9.78 Å². The van der Waals surface area contributed by atoms with Crippen molar-refractivity contribution in [2.75, 3.05) is 6.26 Å². The molecule has 0 aliphatic carbocycles. The van der Waals surface area contributed by atoms with E-state index in [0.29, 0.717) is 16.9 Å². The van der Waals surface area contributed by atoms with Crippen LogP contribution in [0.5, 0.6) is 0 Å². The smallest absolute Gasteiger partial charge is 0.360 e. The van der Waals surface area contributed by atoms with Crippen molar-refractivity contribution in [2.45, 2.75) is 5.88 Å². The van der Waals surface area contributed by atoms with Crippen molar-refractivity contribution >= 4 is 28.8 Å². The number of hydrogen-bond donors (Lipinski definition) is 1. The Morgan fingerprint density at radius 3 is 2.82 bits per heavy atom. The molecule has 0 spiro atoms. The lowest BCUT2D eigenvalue weighted by Crippen LogP contribution is -2.27. The molecule has 5 nitrogen and oxygen atoms in total. The van der Waals surface area contributed by atoms with Crippen molar-refractivity contribution in [3.8, 4) is 0 Å². The second-order valence-corrected chi connectivity index (χ2v) is 4.24. The summed E-state index contributed by atoms with van der Waals surface area (Å²) in [5.41, 5.74) is 0.165. The molecule has 0 saturated carbocycles. The predicted molar refractivity (Wildman–Crippen MR) is 66.5 cm³/mol. The van der Waals surface area contributed by atoms with Gasteiger partial charge < -0.3 is 5.11 Å². The molecule has 0 bridgehead atoms. The van der Waals surface area contributed by atoms with Crippen LogP contribution in [0.2, 0.25) is 0 Å². The number of nitrogens with zero attached hydrogens (tertiary/aromatic N) is 2. The van der Waals surface area contributed by atoms with Gasteiger partial charge in [-0.2, -0.15) is 0 Å². The number of aromatic carboxylic acids is 1. The van der Waals surface area contributed by atoms with Crippen LogP contribution in [0.1, 0.15) is 10.5 Å². The number of thioether (sulfide) groups is 1. The van der Waals surface area contributed by atoms with Crippen molar-refractivity contribution < 1.29 is 9.90 Å². The van der Waals surface area contributed by atoms with E-state index in [2.05, 4.69) is 4.98 Å². The first-order chi connectivity index (χ1) is 8.15. The summed E-state index contributed by atoms with van der Waals surface area (Å²) in [6.07, 6.45) is 1.85. The summed E-state index contributed by atoms with van der Waals surface area (Å²) in [6, 6.07) is 7.00. The molecule has 1 aromatic carbocycles. The first-order valence-corrected chi connectivity index (χ1v) is 6.26. The monoisotopic (exact) mass is 250 g/mol. The number of rotatable bonds is 3. The Morgan fingerprint density at radius 1 is 1.47 bits per heavy atom. The molecule has 2 aromatic rings. The molecular formula is C11H10N2O3S. The van der Waals surface area contributed by atoms with Crippen molar-refractivity contribution in [1.29, 1.82) is 0 Å². The molecule has 1 heterocycles. The van der Waals surface area contributed by atoms with E-state index >= 15 is 0 Å². The van der Waals surface area contributed by atoms with Gasteiger partial charge in [0.25, 0.3) is 5.56 Å². The van der Waals surface area contributed by atoms with Gasteiger partial charge in [-0.1, -0.05) is 12.1 Å². The van der Waals surface area contributed by atoms with Gasteiger partial charge >= 0.3 is 5.97 Å². The third-order valence-electron chi connectivity index (χ3n) is 2.31. The average Bonchev–Trinajstić information content (AvgIpc) is 2.32. The highest BCUT2D eigenvalue weighted by atomic mass is 32.2. The zero-order valence-corrected chi connectivity index (χ0v) is 9.90. The molecule has 88 valence electrons. The molecule has 0 aliphatic heterocycles. The van der Waals surface area contributed by atoms with E-state index in [1.165, 1.54) is 16.3 Å². The summed E-state index contributed by atoms with van der Waals surface area (Å²) in [5.74, 6) is -0.891. The Kier molecular flexibility index (Phi) is 3.14. The predicted octanol–water partition coefficient (Wildman–Crippen LogP) is 1.42. The molecule has 6 heteroatoms. The van der Waals surface area contributed by atoms with Gasteiger partial charge in [0.2, 0.25) is 5.69 Å². The molecule has 0 amide bonds. The molecule has 17 heavy (non-hydrogen) atoms. The number of benzene rings is 1. The summed E-state index contributed by atoms with van der Waals surface area (Å²) >= 11 is 1.45. The van der Waals surface area contributed by atoms with Crippen molar-refractivity contribution in [3.05, 3.63) is 40.3 Å². The average molecular weight is 250 g/mol. The lowest BCUT2D eigenvalue weighted by molar-refractivity contribution is 0.0688. The summed E-state index contributed by atoms with van der Waals surface area (Å²) in [6.45, 7) is 0. The number of carboxylic acids is 1. The molecule has 0 aliphatic rings. The quantitative estimate of drug-likeness (QED) is 0.891. The number of aromatic nitrogens is 2. The first-order valence-electron chi connectivity index (χ1n) is 4.87. The number of hydrogen-bond acceptors (Lipinski definition) is 4. The normalized spacial score (nSPS) is 10.6. The summed E-state index contributed by atoms with van der Waals surface area (Å²) in [4.78, 5) is 26.7. The topological polar surface area (TPSA) is 72.2 Å². The van der Waals surface area contributed by atoms with Crippen LogP contribution in [-0.2, 0) is 5.88 Å². The largest absolute Gasteiger partial charge is 0.476 e. The Labute approximate surface area is 101 Å². The second kappa shape index (κ2) is 4.58. The van der Waals surface area contributed by atoms with Gasteiger partial charge in [0.1, 0.15) is 0 Å². The highest BCUT2D eigenvalue weighted by Gasteiger charge is 2.15. The van der Waals surface area contributed by atoms with E-state index in [4.69, 9.17) is 5.11 Å². The molecule has 0 unspecified atom stereocenters. The Morgan fingerprint density at radius 2 is 2.18 bits per heavy atom. The van der Waals surface area contributed by atoms with Crippen LogP contribution in [-0.4, -0.2) is 26.9 Å². The van der Waals surface area contributed by atoms with Gasteiger partial charge in [0.15, 0.2) is 0 Å². The molecule has 0 fully saturated rings. The van der Waals surface area contributed by atoms with E-state index in [0.717, 1.165) is 0 Å². The summed E-state index contributed by atoms with van der Waals surface area (Å²) in [7, 11) is 0. The second-order valence-electron chi connectivity index (χ2n) is 3.41. The fourth-order valence-electron chi connectivity index (χ4n) is 1.59. The van der Waals surface area contributed by atoms with Crippen LogP contribution in [0.15, 0.2) is 29.1 Å². The molecule has 1 N–H and O–H groups in total. The molecule has 0 atom stereocenters. The van der Waals surface area contributed by atoms with E-state index in [-0.39, 0.29) is 0 Å². The maximum absolute atomic E-state index is 11.9. The maximum Gasteiger partial charge on any atom is 0.360 e. The van der Waals surface area contributed by atoms with E-state index in [1.54, 1.807) is 24.3 Å². The molecule has 1 aromatic heterocycles. The van der Waals surface area contributed by atoms with Gasteiger partial charge in [0.05, 0.1) is 16.9 Å². The fourth-order valence-corrected chi connectivity index (χ4v) is 2.10. The Hall–Kier alpha value is -1.82. The highest BCUT2D eigenvalue weighted by molar-refractivity contribution is 7.97. The van der Waals surface area contributed by atoms with Crippen molar-refractivity contribution in [3.63, 3.8) is 0 Å². The third kappa shape index (κ3) is 2.03. The number of carboxylic acid groups (broad SMARTS) is 1. The zero-order valence-electron chi connectivity index (χ0n) is 9.08. The molecular weight excluding hydrogens is 240 g/mol. The number of carbonyl (C=O) groups is 1. The summed E-state index contributed by atoms with van der Waals surface area (Å²) in [5, 5.41) is 8.94. The fraction of sp³-hybridized carbons (Fsp3) is 0.182. The number of fused-ring (bicyclic) bond motifs is 1. The van der Waals surface area contributed by atoms with Crippen LogP contribution >= 0.6 is 11.8 Å². The van der Waals surface area contributed by atoms with Gasteiger partial charge in [-0.15, -0.1) is 11.8 Å². The standard InChI is InChI=1S/C11H10N2O3S/c1-17-6-13-8-5-3-2-4-7(8)12-9(10(13)14)11(15)16/h2-5H,6H2,1H3,(H,15,16). The Bertz CT molecular complexity index is 636. The van der Waals surface area contributed by atoms with Crippen LogP contribution < -0.4 is 5.56 Å². The van der Waals surface area contributed by atoms with Gasteiger partial charge in [0, 0.05) is 0 Å². The highest BCUT2D eigenvalue weighted by Crippen LogP contribution is 2.12. The van der Waals surface area contributed by atoms with Crippen LogP contribution in [0, 0.1) is 0 Å². The minimum Gasteiger partial charge on any atom is -0.476 e. The van der Waals surface area contributed by atoms with Gasteiger partial charge in [-0.05, 0) is 18.4 Å². The Balaban J connectivity index is 2.85. The SMILES string of the molecule is CSCn1c(=O)c(C(=O)O)nc2ccccc21. The number of para-hydroxylation sites is 2. The van der Waals surface area contributed by atoms with Crippen LogP contribution in [0.25, 0.3) is 11.0 Å². The van der Waals surface area contributed by atoms with Crippen molar-refractivity contribution in [2.24, 2.45) is 0 Å².